The SMILES string of the molecule is CSC1CCCN(C(=O)C#CBr)C1. The Morgan fingerprint density at radius 3 is 3.08 bits per heavy atom. The predicted octanol–water partition coefficient (Wildman–Crippen LogP) is 1.70. The zero-order chi connectivity index (χ0) is 9.68. The van der Waals surface area contributed by atoms with Crippen LogP contribution < -0.4 is 0 Å². The third-order valence-corrected chi connectivity index (χ3v) is 3.40. The minimum atomic E-state index is -0.0596. The van der Waals surface area contributed by atoms with Gasteiger partial charge >= 0.3 is 0 Å². The second-order valence-corrected chi connectivity index (χ2v) is 4.51. The summed E-state index contributed by atoms with van der Waals surface area (Å²) in [6, 6.07) is 0. The lowest BCUT2D eigenvalue weighted by Crippen LogP contribution is -2.40. The molecule has 1 aliphatic rings. The smallest absolute Gasteiger partial charge is 0.299 e. The van der Waals surface area contributed by atoms with Crippen LogP contribution >= 0.6 is 27.7 Å². The summed E-state index contributed by atoms with van der Waals surface area (Å²) in [7, 11) is 0. The highest BCUT2D eigenvalue weighted by molar-refractivity contribution is 9.12. The summed E-state index contributed by atoms with van der Waals surface area (Å²) in [5.74, 6) is 2.44. The maximum absolute atomic E-state index is 11.4. The molecule has 13 heavy (non-hydrogen) atoms. The maximum Gasteiger partial charge on any atom is 0.299 e. The summed E-state index contributed by atoms with van der Waals surface area (Å²) in [6.45, 7) is 1.71. The Labute approximate surface area is 91.6 Å². The number of amides is 1. The molecule has 0 aromatic heterocycles. The summed E-state index contributed by atoms with van der Waals surface area (Å²) in [5, 5.41) is 0.592. The predicted molar refractivity (Wildman–Crippen MR) is 59.8 cm³/mol. The van der Waals surface area contributed by atoms with Gasteiger partial charge in [0.1, 0.15) is 0 Å². The summed E-state index contributed by atoms with van der Waals surface area (Å²) in [5.41, 5.74) is 0. The molecular weight excluding hydrogens is 250 g/mol. The van der Waals surface area contributed by atoms with Gasteiger partial charge in [-0.25, -0.2) is 0 Å². The maximum atomic E-state index is 11.4. The number of likely N-dealkylation sites (tertiary alicyclic amines) is 1. The van der Waals surface area contributed by atoms with Crippen LogP contribution in [-0.4, -0.2) is 35.4 Å². The molecule has 0 bridgehead atoms. The minimum absolute atomic E-state index is 0.0596. The van der Waals surface area contributed by atoms with Crippen molar-refractivity contribution in [1.82, 2.24) is 4.90 Å². The molecule has 72 valence electrons. The average molecular weight is 262 g/mol. The molecule has 0 radical (unpaired) electrons. The van der Waals surface area contributed by atoms with E-state index in [0.717, 1.165) is 19.5 Å². The van der Waals surface area contributed by atoms with E-state index in [0.29, 0.717) is 5.25 Å². The van der Waals surface area contributed by atoms with Crippen LogP contribution in [0.1, 0.15) is 12.8 Å². The first-order chi connectivity index (χ1) is 6.27. The highest BCUT2D eigenvalue weighted by Crippen LogP contribution is 2.19. The molecular formula is C9H12BrNOS. The van der Waals surface area contributed by atoms with Gasteiger partial charge in [0.05, 0.1) is 0 Å². The van der Waals surface area contributed by atoms with Gasteiger partial charge in [-0.2, -0.15) is 11.8 Å². The Morgan fingerprint density at radius 2 is 2.46 bits per heavy atom. The van der Waals surface area contributed by atoms with Gasteiger partial charge in [0.15, 0.2) is 0 Å². The molecule has 1 atom stereocenters. The van der Waals surface area contributed by atoms with Crippen molar-refractivity contribution in [2.45, 2.75) is 18.1 Å². The summed E-state index contributed by atoms with van der Waals surface area (Å²) < 4.78 is 0. The van der Waals surface area contributed by atoms with E-state index < -0.39 is 0 Å². The van der Waals surface area contributed by atoms with Crippen LogP contribution in [0, 0.1) is 10.8 Å². The van der Waals surface area contributed by atoms with Gasteiger partial charge in [0.25, 0.3) is 5.91 Å². The van der Waals surface area contributed by atoms with Gasteiger partial charge in [-0.15, -0.1) is 0 Å². The number of hydrogen-bond acceptors (Lipinski definition) is 2. The lowest BCUT2D eigenvalue weighted by atomic mass is 10.1. The number of nitrogens with zero attached hydrogens (tertiary/aromatic N) is 1. The van der Waals surface area contributed by atoms with Gasteiger partial charge in [-0.1, -0.05) is 0 Å². The topological polar surface area (TPSA) is 20.3 Å². The third kappa shape index (κ3) is 3.24. The normalized spacial score (nSPS) is 22.0. The zero-order valence-corrected chi connectivity index (χ0v) is 9.95. The Kier molecular flexibility index (Phi) is 4.68. The van der Waals surface area contributed by atoms with Gasteiger partial charge in [-0.05, 0) is 23.9 Å². The Morgan fingerprint density at radius 1 is 1.69 bits per heavy atom. The fourth-order valence-electron chi connectivity index (χ4n) is 1.43. The number of carbonyl (C=O) groups excluding carboxylic acids is 1. The van der Waals surface area contributed by atoms with Crippen molar-refractivity contribution < 1.29 is 4.79 Å². The van der Waals surface area contributed by atoms with Crippen molar-refractivity contribution >= 4 is 33.6 Å². The van der Waals surface area contributed by atoms with Crippen molar-refractivity contribution in [2.75, 3.05) is 19.3 Å². The van der Waals surface area contributed by atoms with E-state index in [1.807, 2.05) is 16.7 Å². The molecule has 0 aromatic rings. The van der Waals surface area contributed by atoms with Crippen LogP contribution in [0.4, 0.5) is 0 Å². The number of halogens is 1. The Bertz CT molecular complexity index is 246. The van der Waals surface area contributed by atoms with Crippen LogP contribution in [-0.2, 0) is 4.79 Å². The molecule has 0 N–H and O–H groups in total. The number of carbonyl (C=O) groups is 1. The van der Waals surface area contributed by atoms with Gasteiger partial charge in [-0.3, -0.25) is 4.79 Å². The third-order valence-electron chi connectivity index (χ3n) is 2.15. The first-order valence-electron chi connectivity index (χ1n) is 4.21. The van der Waals surface area contributed by atoms with E-state index in [2.05, 4.69) is 32.9 Å². The van der Waals surface area contributed by atoms with Crippen LogP contribution in [0.2, 0.25) is 0 Å². The van der Waals surface area contributed by atoms with Gasteiger partial charge < -0.3 is 4.90 Å². The number of rotatable bonds is 1. The van der Waals surface area contributed by atoms with Crippen molar-refractivity contribution in [2.24, 2.45) is 0 Å². The second kappa shape index (κ2) is 5.56. The highest BCUT2D eigenvalue weighted by Gasteiger charge is 2.21. The van der Waals surface area contributed by atoms with Crippen molar-refractivity contribution in [3.8, 4) is 10.8 Å². The van der Waals surface area contributed by atoms with Crippen molar-refractivity contribution in [3.63, 3.8) is 0 Å². The largest absolute Gasteiger partial charge is 0.331 e. The van der Waals surface area contributed by atoms with Crippen LogP contribution in [0.5, 0.6) is 0 Å². The zero-order valence-electron chi connectivity index (χ0n) is 7.55. The van der Waals surface area contributed by atoms with Crippen LogP contribution in [0.3, 0.4) is 0 Å². The van der Waals surface area contributed by atoms with E-state index in [1.165, 1.54) is 6.42 Å². The fourth-order valence-corrected chi connectivity index (χ4v) is 2.34. The summed E-state index contributed by atoms with van der Waals surface area (Å²) in [6.07, 6.45) is 4.41. The lowest BCUT2D eigenvalue weighted by Gasteiger charge is -2.30. The standard InChI is InChI=1S/C9H12BrNOS/c1-13-8-3-2-6-11(7-8)9(12)4-5-10/h8H,2-3,6-7H2,1H3. The molecule has 1 aliphatic heterocycles. The molecule has 1 saturated heterocycles. The molecule has 0 saturated carbocycles. The van der Waals surface area contributed by atoms with Crippen molar-refractivity contribution in [3.05, 3.63) is 0 Å². The van der Waals surface area contributed by atoms with Gasteiger partial charge in [0.2, 0.25) is 0 Å². The summed E-state index contributed by atoms with van der Waals surface area (Å²) in [4.78, 5) is 15.7. The Hall–Kier alpha value is -0.140. The van der Waals surface area contributed by atoms with E-state index in [9.17, 15) is 4.79 Å². The molecule has 1 rings (SSSR count). The second-order valence-electron chi connectivity index (χ2n) is 2.97. The minimum Gasteiger partial charge on any atom is -0.331 e. The molecule has 1 amide bonds. The van der Waals surface area contributed by atoms with Crippen LogP contribution in [0.15, 0.2) is 0 Å². The molecule has 1 unspecified atom stereocenters. The molecule has 1 fully saturated rings. The Balaban J connectivity index is 2.49. The van der Waals surface area contributed by atoms with Crippen molar-refractivity contribution in [1.29, 1.82) is 0 Å². The summed E-state index contributed by atoms with van der Waals surface area (Å²) >= 11 is 4.77. The first-order valence-corrected chi connectivity index (χ1v) is 6.29. The molecule has 0 aromatic carbocycles. The molecule has 4 heteroatoms. The fraction of sp³-hybridized carbons (Fsp3) is 0.667. The van der Waals surface area contributed by atoms with Gasteiger partial charge in [0, 0.05) is 40.2 Å². The quantitative estimate of drug-likeness (QED) is 0.670. The number of hydrogen-bond donors (Lipinski definition) is 0. The number of thioether (sulfide) groups is 1. The molecule has 1 heterocycles. The number of piperidine rings is 1. The molecule has 2 nitrogen and oxygen atoms in total. The monoisotopic (exact) mass is 261 g/mol. The first kappa shape index (κ1) is 10.9. The van der Waals surface area contributed by atoms with E-state index in [4.69, 9.17) is 0 Å². The van der Waals surface area contributed by atoms with E-state index in [1.54, 1.807) is 0 Å². The van der Waals surface area contributed by atoms with E-state index in [-0.39, 0.29) is 5.91 Å². The van der Waals surface area contributed by atoms with Crippen LogP contribution in [0.25, 0.3) is 0 Å². The molecule has 0 spiro atoms. The molecule has 0 aliphatic carbocycles. The average Bonchev–Trinajstić information content (AvgIpc) is 2.18. The van der Waals surface area contributed by atoms with E-state index >= 15 is 0 Å². The lowest BCUT2D eigenvalue weighted by molar-refractivity contribution is -0.125. The highest BCUT2D eigenvalue weighted by atomic mass is 79.9.